The number of amides is 1. The minimum Gasteiger partial charge on any atom is -0.489 e. The van der Waals surface area contributed by atoms with Crippen molar-refractivity contribution in [2.45, 2.75) is 37.7 Å². The molecule has 4 rings (SSSR count). The minimum absolute atomic E-state index is 0.0570. The zero-order valence-corrected chi connectivity index (χ0v) is 17.3. The number of carbonyl (C=O) groups excluding carboxylic acids is 1. The summed E-state index contributed by atoms with van der Waals surface area (Å²) < 4.78 is 47.9. The van der Waals surface area contributed by atoms with Crippen LogP contribution in [-0.4, -0.2) is 34.5 Å². The van der Waals surface area contributed by atoms with Gasteiger partial charge in [0, 0.05) is 6.42 Å². The highest BCUT2D eigenvalue weighted by molar-refractivity contribution is 5.98. The average molecular weight is 444 g/mol. The van der Waals surface area contributed by atoms with E-state index in [0.717, 1.165) is 4.68 Å². The lowest BCUT2D eigenvalue weighted by Crippen LogP contribution is -2.37. The maximum absolute atomic E-state index is 13.8. The number of aromatic nitrogens is 2. The minimum atomic E-state index is -4.50. The van der Waals surface area contributed by atoms with Crippen molar-refractivity contribution in [2.24, 2.45) is 0 Å². The van der Waals surface area contributed by atoms with Crippen LogP contribution in [0.2, 0.25) is 0 Å². The van der Waals surface area contributed by atoms with Gasteiger partial charge < -0.3 is 15.4 Å². The van der Waals surface area contributed by atoms with Crippen LogP contribution < -0.4 is 15.4 Å². The summed E-state index contributed by atoms with van der Waals surface area (Å²) in [5.41, 5.74) is 0.775. The standard InChI is InChI=1S/C23H23F3N4O2/c1-15(32-17-10-6-3-7-11-17)13-27-22(31)18-14-28-30-20(23(24,25)26)12-19(29-21(18)30)16-8-4-2-5-9-16/h2-11,14-15,19-20,29H,12-13H2,1H3,(H,27,31)/t15?,19?,20-/m0/s1. The van der Waals surface area contributed by atoms with Crippen LogP contribution in [0.5, 0.6) is 5.75 Å². The Balaban J connectivity index is 1.51. The normalized spacial score (nSPS) is 18.9. The predicted octanol–water partition coefficient (Wildman–Crippen LogP) is 4.74. The molecule has 2 aromatic carbocycles. The Morgan fingerprint density at radius 2 is 1.84 bits per heavy atom. The molecule has 0 saturated heterocycles. The fourth-order valence-electron chi connectivity index (χ4n) is 3.74. The second-order valence-electron chi connectivity index (χ2n) is 7.70. The van der Waals surface area contributed by atoms with E-state index in [1.165, 1.54) is 6.20 Å². The summed E-state index contributed by atoms with van der Waals surface area (Å²) >= 11 is 0. The quantitative estimate of drug-likeness (QED) is 0.576. The first-order valence-corrected chi connectivity index (χ1v) is 10.3. The molecule has 32 heavy (non-hydrogen) atoms. The molecule has 2 unspecified atom stereocenters. The van der Waals surface area contributed by atoms with E-state index < -0.39 is 24.2 Å². The number of halogens is 3. The number of anilines is 1. The van der Waals surface area contributed by atoms with Crippen molar-refractivity contribution in [3.8, 4) is 5.75 Å². The monoisotopic (exact) mass is 444 g/mol. The zero-order valence-electron chi connectivity index (χ0n) is 17.3. The van der Waals surface area contributed by atoms with E-state index in [4.69, 9.17) is 4.74 Å². The van der Waals surface area contributed by atoms with Gasteiger partial charge in [0.25, 0.3) is 5.91 Å². The Morgan fingerprint density at radius 3 is 2.50 bits per heavy atom. The largest absolute Gasteiger partial charge is 0.489 e. The number of carbonyl (C=O) groups is 1. The van der Waals surface area contributed by atoms with Crippen LogP contribution >= 0.6 is 0 Å². The molecule has 0 aliphatic carbocycles. The average Bonchev–Trinajstić information content (AvgIpc) is 3.21. The lowest BCUT2D eigenvalue weighted by Gasteiger charge is -2.34. The third-order valence-electron chi connectivity index (χ3n) is 5.32. The summed E-state index contributed by atoms with van der Waals surface area (Å²) in [4.78, 5) is 12.8. The van der Waals surface area contributed by atoms with E-state index in [1.54, 1.807) is 49.4 Å². The van der Waals surface area contributed by atoms with Crippen LogP contribution in [0, 0.1) is 0 Å². The number of nitrogens with zero attached hydrogens (tertiary/aromatic N) is 2. The number of rotatable bonds is 6. The summed E-state index contributed by atoms with van der Waals surface area (Å²) in [6.45, 7) is 1.98. The SMILES string of the molecule is CC(CNC(=O)c1cnn2c1NC(c1ccccc1)C[C@H]2C(F)(F)F)Oc1ccccc1. The molecule has 6 nitrogen and oxygen atoms in total. The third kappa shape index (κ3) is 4.71. The van der Waals surface area contributed by atoms with Crippen LogP contribution in [0.3, 0.4) is 0 Å². The van der Waals surface area contributed by atoms with Crippen molar-refractivity contribution in [3.63, 3.8) is 0 Å². The van der Waals surface area contributed by atoms with Crippen LogP contribution in [0.1, 0.15) is 41.3 Å². The highest BCUT2D eigenvalue weighted by Gasteiger charge is 2.47. The molecule has 0 bridgehead atoms. The molecule has 0 radical (unpaired) electrons. The smallest absolute Gasteiger partial charge is 0.410 e. The third-order valence-corrected chi connectivity index (χ3v) is 5.32. The number of alkyl halides is 3. The number of nitrogens with one attached hydrogen (secondary N) is 2. The summed E-state index contributed by atoms with van der Waals surface area (Å²) in [6, 6.07) is 15.6. The van der Waals surface area contributed by atoms with Crippen molar-refractivity contribution < 1.29 is 22.7 Å². The lowest BCUT2D eigenvalue weighted by atomic mass is 9.96. The van der Waals surface area contributed by atoms with Crippen LogP contribution in [0.15, 0.2) is 66.9 Å². The number of ether oxygens (including phenoxy) is 1. The number of hydrogen-bond donors (Lipinski definition) is 2. The first kappa shape index (κ1) is 21.7. The fraction of sp³-hybridized carbons (Fsp3) is 0.304. The molecule has 2 N–H and O–H groups in total. The Hall–Kier alpha value is -3.49. The molecule has 1 aliphatic heterocycles. The Labute approximate surface area is 183 Å². The molecule has 1 amide bonds. The van der Waals surface area contributed by atoms with Gasteiger partial charge in [0.05, 0.1) is 18.8 Å². The molecular formula is C23H23F3N4O2. The van der Waals surface area contributed by atoms with E-state index in [9.17, 15) is 18.0 Å². The summed E-state index contributed by atoms with van der Waals surface area (Å²) in [5, 5.41) is 9.70. The molecule has 168 valence electrons. The van der Waals surface area contributed by atoms with Crippen molar-refractivity contribution in [2.75, 3.05) is 11.9 Å². The maximum Gasteiger partial charge on any atom is 0.410 e. The van der Waals surface area contributed by atoms with E-state index in [1.807, 2.05) is 18.2 Å². The molecule has 9 heteroatoms. The van der Waals surface area contributed by atoms with Gasteiger partial charge in [0.2, 0.25) is 0 Å². The van der Waals surface area contributed by atoms with Crippen molar-refractivity contribution in [1.29, 1.82) is 0 Å². The van der Waals surface area contributed by atoms with Crippen molar-refractivity contribution in [3.05, 3.63) is 78.0 Å². The van der Waals surface area contributed by atoms with Gasteiger partial charge in [0.1, 0.15) is 23.2 Å². The van der Waals surface area contributed by atoms with Crippen LogP contribution in [-0.2, 0) is 0 Å². The Kier molecular flexibility index (Phi) is 6.07. The molecule has 3 atom stereocenters. The first-order chi connectivity index (χ1) is 15.3. The molecule has 0 fully saturated rings. The van der Waals surface area contributed by atoms with Gasteiger partial charge in [-0.15, -0.1) is 0 Å². The molecule has 2 heterocycles. The van der Waals surface area contributed by atoms with Gasteiger partial charge in [-0.3, -0.25) is 4.79 Å². The molecule has 0 spiro atoms. The Morgan fingerprint density at radius 1 is 1.19 bits per heavy atom. The highest BCUT2D eigenvalue weighted by atomic mass is 19.4. The maximum atomic E-state index is 13.8. The van der Waals surface area contributed by atoms with Gasteiger partial charge in [-0.05, 0) is 24.6 Å². The summed E-state index contributed by atoms with van der Waals surface area (Å²) in [7, 11) is 0. The van der Waals surface area contributed by atoms with E-state index in [-0.39, 0.29) is 30.5 Å². The number of fused-ring (bicyclic) bond motifs is 1. The zero-order chi connectivity index (χ0) is 22.7. The van der Waals surface area contributed by atoms with E-state index in [2.05, 4.69) is 15.7 Å². The number of hydrogen-bond acceptors (Lipinski definition) is 4. The van der Waals surface area contributed by atoms with Crippen molar-refractivity contribution in [1.82, 2.24) is 15.1 Å². The molecule has 1 aliphatic rings. The predicted molar refractivity (Wildman–Crippen MR) is 114 cm³/mol. The molecular weight excluding hydrogens is 421 g/mol. The highest BCUT2D eigenvalue weighted by Crippen LogP contribution is 2.44. The summed E-state index contributed by atoms with van der Waals surface area (Å²) in [6.07, 6.45) is -3.87. The fourth-order valence-corrected chi connectivity index (χ4v) is 3.74. The molecule has 0 saturated carbocycles. The number of benzene rings is 2. The van der Waals surface area contributed by atoms with Gasteiger partial charge in [0.15, 0.2) is 6.04 Å². The number of para-hydroxylation sites is 1. The van der Waals surface area contributed by atoms with Gasteiger partial charge in [-0.25, -0.2) is 4.68 Å². The van der Waals surface area contributed by atoms with Gasteiger partial charge >= 0.3 is 6.18 Å². The van der Waals surface area contributed by atoms with E-state index >= 15 is 0 Å². The Bertz CT molecular complexity index is 1050. The lowest BCUT2D eigenvalue weighted by molar-refractivity contribution is -0.173. The summed E-state index contributed by atoms with van der Waals surface area (Å²) in [5.74, 6) is 0.205. The first-order valence-electron chi connectivity index (χ1n) is 10.3. The topological polar surface area (TPSA) is 68.2 Å². The molecule has 3 aromatic rings. The van der Waals surface area contributed by atoms with Crippen LogP contribution in [0.25, 0.3) is 0 Å². The second-order valence-corrected chi connectivity index (χ2v) is 7.70. The van der Waals surface area contributed by atoms with Crippen molar-refractivity contribution >= 4 is 11.7 Å². The van der Waals surface area contributed by atoms with Gasteiger partial charge in [-0.2, -0.15) is 18.3 Å². The van der Waals surface area contributed by atoms with Gasteiger partial charge in [-0.1, -0.05) is 48.5 Å². The second kappa shape index (κ2) is 8.94. The van der Waals surface area contributed by atoms with E-state index in [0.29, 0.717) is 11.3 Å². The van der Waals surface area contributed by atoms with Crippen LogP contribution in [0.4, 0.5) is 19.0 Å². The molecule has 1 aromatic heterocycles.